The predicted molar refractivity (Wildman–Crippen MR) is 127 cm³/mol. The van der Waals surface area contributed by atoms with Gasteiger partial charge in [-0.3, -0.25) is 0 Å². The number of hydrogen-bond acceptors (Lipinski definition) is 6. The van der Waals surface area contributed by atoms with Crippen LogP contribution in [0.1, 0.15) is 0 Å². The first kappa shape index (κ1) is 21.2. The van der Waals surface area contributed by atoms with Crippen LogP contribution in [0.2, 0.25) is 0 Å². The summed E-state index contributed by atoms with van der Waals surface area (Å²) >= 11 is 5.30. The third-order valence-electron chi connectivity index (χ3n) is 4.31. The first-order valence-corrected chi connectivity index (χ1v) is 12.8. The third-order valence-corrected chi connectivity index (χ3v) is 10.3. The zero-order valence-corrected chi connectivity index (χ0v) is 20.1. The van der Waals surface area contributed by atoms with Crippen molar-refractivity contribution in [1.82, 2.24) is 0 Å². The Morgan fingerprint density at radius 2 is 1.13 bits per heavy atom. The number of thiophene rings is 2. The average Bonchev–Trinajstić information content (AvgIpc) is 3.45. The minimum Gasteiger partial charge on any atom is -0.497 e. The van der Waals surface area contributed by atoms with Crippen molar-refractivity contribution in [3.63, 3.8) is 0 Å². The molecule has 0 aliphatic carbocycles. The molecule has 0 aliphatic heterocycles. The molecule has 0 saturated heterocycles. The number of benzene rings is 2. The smallest absolute Gasteiger partial charge is 0.221 e. The van der Waals surface area contributed by atoms with Crippen molar-refractivity contribution in [2.45, 2.75) is 22.4 Å². The molecule has 0 fully saturated rings. The predicted octanol–water partition coefficient (Wildman–Crippen LogP) is 7.08. The molecule has 0 N–H and O–H groups in total. The highest BCUT2D eigenvalue weighted by molar-refractivity contribution is 8.04. The van der Waals surface area contributed by atoms with Gasteiger partial charge in [0, 0.05) is 6.07 Å². The molecule has 0 saturated carbocycles. The second-order valence-corrected chi connectivity index (χ2v) is 12.1. The first-order chi connectivity index (χ1) is 14.7. The van der Waals surface area contributed by atoms with Crippen LogP contribution < -0.4 is 14.2 Å². The Kier molecular flexibility index (Phi) is 6.94. The summed E-state index contributed by atoms with van der Waals surface area (Å²) in [6.07, 6.45) is 0. The SMILES string of the molecule is COc1ccc([S+](c2ccc(OC)cc2)c2ccc(Sc3ccc(OC)s3)s2)cc1. The molecule has 7 heteroatoms. The molecule has 154 valence electrons. The Hall–Kier alpha value is -2.06. The minimum atomic E-state index is -0.196. The van der Waals surface area contributed by atoms with Crippen LogP contribution in [0.5, 0.6) is 16.6 Å². The van der Waals surface area contributed by atoms with Crippen molar-refractivity contribution < 1.29 is 14.2 Å². The maximum absolute atomic E-state index is 5.35. The fourth-order valence-corrected chi connectivity index (χ4v) is 8.96. The van der Waals surface area contributed by atoms with Crippen LogP contribution in [-0.2, 0) is 10.9 Å². The summed E-state index contributed by atoms with van der Waals surface area (Å²) in [7, 11) is 4.90. The lowest BCUT2D eigenvalue weighted by Crippen LogP contribution is -2.03. The standard InChI is InChI=1S/C23H21O3S4/c1-24-16-4-8-18(9-5-16)30(19-10-6-17(25-2)7-11-19)23-15-14-22(29-23)28-21-13-12-20(26-3)27-21/h4-15H,1-3H3/q+1. The number of rotatable bonds is 8. The summed E-state index contributed by atoms with van der Waals surface area (Å²) in [6.45, 7) is 0. The van der Waals surface area contributed by atoms with E-state index < -0.39 is 0 Å². The molecule has 2 aromatic heterocycles. The summed E-state index contributed by atoms with van der Waals surface area (Å²) in [5.74, 6) is 1.73. The summed E-state index contributed by atoms with van der Waals surface area (Å²) in [4.78, 5) is 2.52. The molecule has 0 spiro atoms. The van der Waals surface area contributed by atoms with Gasteiger partial charge in [-0.15, -0.1) is 0 Å². The number of hydrogen-bond donors (Lipinski definition) is 0. The molecule has 30 heavy (non-hydrogen) atoms. The molecular weight excluding hydrogens is 453 g/mol. The van der Waals surface area contributed by atoms with E-state index >= 15 is 0 Å². The number of ether oxygens (including phenoxy) is 3. The van der Waals surface area contributed by atoms with Gasteiger partial charge in [-0.05, 0) is 66.7 Å². The van der Waals surface area contributed by atoms with Crippen molar-refractivity contribution in [2.75, 3.05) is 21.3 Å². The van der Waals surface area contributed by atoms with Crippen LogP contribution in [0.25, 0.3) is 0 Å². The van der Waals surface area contributed by atoms with Crippen LogP contribution in [0.4, 0.5) is 0 Å². The quantitative estimate of drug-likeness (QED) is 0.256. The Balaban J connectivity index is 1.67. The zero-order chi connectivity index (χ0) is 20.9. The lowest BCUT2D eigenvalue weighted by atomic mass is 10.3. The van der Waals surface area contributed by atoms with Gasteiger partial charge in [0.2, 0.25) is 4.21 Å². The van der Waals surface area contributed by atoms with Gasteiger partial charge < -0.3 is 14.2 Å². The summed E-state index contributed by atoms with van der Waals surface area (Å²) in [5.41, 5.74) is 0. The van der Waals surface area contributed by atoms with Gasteiger partial charge >= 0.3 is 0 Å². The Labute approximate surface area is 192 Å². The second kappa shape index (κ2) is 9.83. The summed E-state index contributed by atoms with van der Waals surface area (Å²) in [6, 6.07) is 25.3. The highest BCUT2D eigenvalue weighted by Crippen LogP contribution is 2.43. The van der Waals surface area contributed by atoms with Crippen LogP contribution in [0, 0.1) is 0 Å². The highest BCUT2D eigenvalue weighted by atomic mass is 32.2. The molecule has 2 heterocycles. The van der Waals surface area contributed by atoms with Crippen LogP contribution in [0.3, 0.4) is 0 Å². The van der Waals surface area contributed by atoms with Crippen molar-refractivity contribution in [2.24, 2.45) is 0 Å². The normalized spacial score (nSPS) is 10.9. The van der Waals surface area contributed by atoms with Crippen molar-refractivity contribution >= 4 is 45.3 Å². The lowest BCUT2D eigenvalue weighted by Gasteiger charge is -2.07. The minimum absolute atomic E-state index is 0.196. The molecule has 3 nitrogen and oxygen atoms in total. The van der Waals surface area contributed by atoms with Crippen LogP contribution in [0.15, 0.2) is 95.2 Å². The molecule has 0 bridgehead atoms. The van der Waals surface area contributed by atoms with Gasteiger partial charge in [-0.25, -0.2) is 0 Å². The van der Waals surface area contributed by atoms with Crippen molar-refractivity contribution in [3.8, 4) is 16.6 Å². The topological polar surface area (TPSA) is 27.7 Å². The maximum atomic E-state index is 5.35. The van der Waals surface area contributed by atoms with E-state index in [0.717, 1.165) is 16.6 Å². The molecule has 0 aliphatic rings. The summed E-state index contributed by atoms with van der Waals surface area (Å²) in [5, 5.41) is 0.936. The van der Waals surface area contributed by atoms with Crippen LogP contribution in [-0.4, -0.2) is 21.3 Å². The maximum Gasteiger partial charge on any atom is 0.221 e. The molecular formula is C23H21O3S4+. The van der Waals surface area contributed by atoms with Gasteiger partial charge in [-0.2, -0.15) is 0 Å². The van der Waals surface area contributed by atoms with Gasteiger partial charge in [0.1, 0.15) is 22.4 Å². The van der Waals surface area contributed by atoms with Crippen molar-refractivity contribution in [3.05, 3.63) is 72.8 Å². The van der Waals surface area contributed by atoms with Crippen LogP contribution >= 0.6 is 34.4 Å². The largest absolute Gasteiger partial charge is 0.497 e. The van der Waals surface area contributed by atoms with E-state index in [1.54, 1.807) is 44.4 Å². The van der Waals surface area contributed by atoms with E-state index in [2.05, 4.69) is 42.5 Å². The average molecular weight is 474 g/mol. The fraction of sp³-hybridized carbons (Fsp3) is 0.130. The van der Waals surface area contributed by atoms with Gasteiger partial charge in [0.25, 0.3) is 0 Å². The Morgan fingerprint density at radius 1 is 0.600 bits per heavy atom. The van der Waals surface area contributed by atoms with E-state index in [4.69, 9.17) is 14.2 Å². The third kappa shape index (κ3) is 4.81. The zero-order valence-electron chi connectivity index (χ0n) is 16.8. The van der Waals surface area contributed by atoms with E-state index in [1.165, 1.54) is 22.4 Å². The molecule has 2 aromatic carbocycles. The van der Waals surface area contributed by atoms with Gasteiger partial charge in [0.05, 0.1) is 29.7 Å². The van der Waals surface area contributed by atoms with Gasteiger partial charge in [0.15, 0.2) is 14.9 Å². The van der Waals surface area contributed by atoms with E-state index in [-0.39, 0.29) is 10.9 Å². The first-order valence-electron chi connectivity index (χ1n) is 9.14. The molecule has 4 rings (SSSR count). The Bertz CT molecular complexity index is 1040. The monoisotopic (exact) mass is 473 g/mol. The number of methoxy groups -OCH3 is 3. The van der Waals surface area contributed by atoms with Crippen molar-refractivity contribution in [1.29, 1.82) is 0 Å². The molecule has 4 aromatic rings. The summed E-state index contributed by atoms with van der Waals surface area (Å²) < 4.78 is 19.8. The second-order valence-electron chi connectivity index (χ2n) is 6.11. The van der Waals surface area contributed by atoms with E-state index in [1.807, 2.05) is 41.7 Å². The molecule has 0 atom stereocenters. The highest BCUT2D eigenvalue weighted by Gasteiger charge is 2.31. The van der Waals surface area contributed by atoms with E-state index in [9.17, 15) is 0 Å². The molecule has 0 radical (unpaired) electrons. The lowest BCUT2D eigenvalue weighted by molar-refractivity contribution is 0.414. The Morgan fingerprint density at radius 3 is 1.63 bits per heavy atom. The fourth-order valence-electron chi connectivity index (χ4n) is 2.83. The molecule has 0 unspecified atom stereocenters. The van der Waals surface area contributed by atoms with E-state index in [0.29, 0.717) is 0 Å². The molecule has 0 amide bonds. The van der Waals surface area contributed by atoms with Gasteiger partial charge in [-0.1, -0.05) is 34.4 Å².